The number of rotatable bonds is 3. The van der Waals surface area contributed by atoms with E-state index in [1.165, 1.54) is 0 Å². The summed E-state index contributed by atoms with van der Waals surface area (Å²) in [5, 5.41) is 0. The lowest BCUT2D eigenvalue weighted by Crippen LogP contribution is -2.25. The Morgan fingerprint density at radius 3 is 2.26 bits per heavy atom. The van der Waals surface area contributed by atoms with Gasteiger partial charge in [-0.05, 0) is 17.7 Å². The smallest absolute Gasteiger partial charge is 0.226 e. The number of amides is 1. The Labute approximate surface area is 122 Å². The summed E-state index contributed by atoms with van der Waals surface area (Å²) in [6.45, 7) is 1.87. The van der Waals surface area contributed by atoms with Crippen molar-refractivity contribution >= 4 is 27.5 Å². The van der Waals surface area contributed by atoms with Gasteiger partial charge in [-0.3, -0.25) is 4.79 Å². The van der Waals surface area contributed by atoms with Crippen LogP contribution in [0.25, 0.3) is 11.1 Å². The van der Waals surface area contributed by atoms with Crippen LogP contribution in [0.3, 0.4) is 0 Å². The van der Waals surface area contributed by atoms with Crippen LogP contribution in [0.5, 0.6) is 0 Å². The van der Waals surface area contributed by atoms with Crippen LogP contribution in [0.4, 0.5) is 5.69 Å². The topological polar surface area (TPSA) is 20.3 Å². The minimum atomic E-state index is 0.111. The van der Waals surface area contributed by atoms with E-state index in [1.807, 2.05) is 62.5 Å². The Balaban J connectivity index is 2.54. The van der Waals surface area contributed by atoms with Gasteiger partial charge in [0.05, 0.1) is 5.69 Å². The lowest BCUT2D eigenvalue weighted by Gasteiger charge is -2.20. The molecule has 0 aliphatic rings. The number of hydrogen-bond donors (Lipinski definition) is 0. The molecule has 0 bridgehead atoms. The Kier molecular flexibility index (Phi) is 4.38. The first-order chi connectivity index (χ1) is 9.15. The van der Waals surface area contributed by atoms with Gasteiger partial charge in [-0.25, -0.2) is 0 Å². The molecule has 2 aromatic rings. The monoisotopic (exact) mass is 317 g/mol. The SMILES string of the molecule is CCC(=O)N(C)c1ccccc1-c1ccccc1Br. The maximum Gasteiger partial charge on any atom is 0.226 e. The van der Waals surface area contributed by atoms with Crippen LogP contribution in [0.1, 0.15) is 13.3 Å². The minimum Gasteiger partial charge on any atom is -0.315 e. The number of carbonyl (C=O) groups is 1. The van der Waals surface area contributed by atoms with Gasteiger partial charge in [0.2, 0.25) is 5.91 Å². The average molecular weight is 318 g/mol. The summed E-state index contributed by atoms with van der Waals surface area (Å²) < 4.78 is 1.03. The zero-order chi connectivity index (χ0) is 13.8. The Bertz CT molecular complexity index is 595. The average Bonchev–Trinajstić information content (AvgIpc) is 2.46. The molecule has 2 rings (SSSR count). The molecule has 98 valence electrons. The van der Waals surface area contributed by atoms with Gasteiger partial charge in [0.1, 0.15) is 0 Å². The largest absolute Gasteiger partial charge is 0.315 e. The first-order valence-electron chi connectivity index (χ1n) is 6.25. The predicted molar refractivity (Wildman–Crippen MR) is 83.3 cm³/mol. The summed E-state index contributed by atoms with van der Waals surface area (Å²) in [5.41, 5.74) is 3.08. The minimum absolute atomic E-state index is 0.111. The third-order valence-corrected chi connectivity index (χ3v) is 3.80. The zero-order valence-electron chi connectivity index (χ0n) is 11.1. The van der Waals surface area contributed by atoms with E-state index in [9.17, 15) is 4.79 Å². The van der Waals surface area contributed by atoms with E-state index in [1.54, 1.807) is 4.90 Å². The first-order valence-corrected chi connectivity index (χ1v) is 7.05. The standard InChI is InChI=1S/C16H16BrNO/c1-3-16(19)18(2)15-11-7-5-9-13(15)12-8-4-6-10-14(12)17/h4-11H,3H2,1-2H3. The first kappa shape index (κ1) is 13.8. The Hall–Kier alpha value is -1.61. The van der Waals surface area contributed by atoms with Crippen molar-refractivity contribution in [3.63, 3.8) is 0 Å². The zero-order valence-corrected chi connectivity index (χ0v) is 12.6. The van der Waals surface area contributed by atoms with Crippen LogP contribution < -0.4 is 4.90 Å². The maximum absolute atomic E-state index is 11.9. The van der Waals surface area contributed by atoms with Crippen molar-refractivity contribution < 1.29 is 4.79 Å². The van der Waals surface area contributed by atoms with Crippen molar-refractivity contribution in [1.29, 1.82) is 0 Å². The highest BCUT2D eigenvalue weighted by Crippen LogP contribution is 2.34. The third kappa shape index (κ3) is 2.87. The van der Waals surface area contributed by atoms with Gasteiger partial charge in [-0.2, -0.15) is 0 Å². The van der Waals surface area contributed by atoms with Gasteiger partial charge >= 0.3 is 0 Å². The molecule has 0 aliphatic carbocycles. The second-order valence-electron chi connectivity index (χ2n) is 4.30. The van der Waals surface area contributed by atoms with E-state index in [2.05, 4.69) is 15.9 Å². The highest BCUT2D eigenvalue weighted by atomic mass is 79.9. The van der Waals surface area contributed by atoms with Crippen molar-refractivity contribution in [3.05, 3.63) is 53.0 Å². The summed E-state index contributed by atoms with van der Waals surface area (Å²) in [5.74, 6) is 0.111. The van der Waals surface area contributed by atoms with Crippen molar-refractivity contribution in [1.82, 2.24) is 0 Å². The fourth-order valence-electron chi connectivity index (χ4n) is 2.05. The molecule has 0 spiro atoms. The molecule has 0 aromatic heterocycles. The molecule has 0 fully saturated rings. The predicted octanol–water partition coefficient (Wildman–Crippen LogP) is 4.49. The quantitative estimate of drug-likeness (QED) is 0.816. The fraction of sp³-hybridized carbons (Fsp3) is 0.188. The lowest BCUT2D eigenvalue weighted by atomic mass is 10.0. The van der Waals surface area contributed by atoms with Crippen molar-refractivity contribution in [2.45, 2.75) is 13.3 Å². The third-order valence-electron chi connectivity index (χ3n) is 3.11. The molecule has 0 radical (unpaired) electrons. The van der Waals surface area contributed by atoms with Gasteiger partial charge < -0.3 is 4.90 Å². The second kappa shape index (κ2) is 6.02. The van der Waals surface area contributed by atoms with Crippen LogP contribution in [-0.4, -0.2) is 13.0 Å². The van der Waals surface area contributed by atoms with Crippen LogP contribution in [0.15, 0.2) is 53.0 Å². The van der Waals surface area contributed by atoms with E-state index < -0.39 is 0 Å². The molecule has 19 heavy (non-hydrogen) atoms. The Morgan fingerprint density at radius 2 is 1.63 bits per heavy atom. The molecule has 0 N–H and O–H groups in total. The maximum atomic E-state index is 11.9. The molecule has 0 heterocycles. The number of hydrogen-bond acceptors (Lipinski definition) is 1. The van der Waals surface area contributed by atoms with E-state index in [-0.39, 0.29) is 5.91 Å². The van der Waals surface area contributed by atoms with Crippen molar-refractivity contribution in [2.75, 3.05) is 11.9 Å². The van der Waals surface area contributed by atoms with E-state index >= 15 is 0 Å². The molecule has 0 aliphatic heterocycles. The van der Waals surface area contributed by atoms with Crippen molar-refractivity contribution in [3.8, 4) is 11.1 Å². The highest BCUT2D eigenvalue weighted by molar-refractivity contribution is 9.10. The van der Waals surface area contributed by atoms with Crippen LogP contribution >= 0.6 is 15.9 Å². The van der Waals surface area contributed by atoms with Gasteiger partial charge in [-0.1, -0.05) is 59.3 Å². The number of anilines is 1. The number of halogens is 1. The van der Waals surface area contributed by atoms with E-state index in [0.29, 0.717) is 6.42 Å². The summed E-state index contributed by atoms with van der Waals surface area (Å²) in [6, 6.07) is 16.0. The molecule has 3 heteroatoms. The second-order valence-corrected chi connectivity index (χ2v) is 5.16. The Morgan fingerprint density at radius 1 is 1.05 bits per heavy atom. The molecule has 0 saturated heterocycles. The van der Waals surface area contributed by atoms with Gasteiger partial charge in [0.15, 0.2) is 0 Å². The van der Waals surface area contributed by atoms with E-state index in [4.69, 9.17) is 0 Å². The number of para-hydroxylation sites is 1. The van der Waals surface area contributed by atoms with Crippen LogP contribution in [0, 0.1) is 0 Å². The van der Waals surface area contributed by atoms with E-state index in [0.717, 1.165) is 21.3 Å². The molecule has 0 saturated carbocycles. The normalized spacial score (nSPS) is 10.3. The molecule has 0 unspecified atom stereocenters. The van der Waals surface area contributed by atoms with Crippen molar-refractivity contribution in [2.24, 2.45) is 0 Å². The van der Waals surface area contributed by atoms with Crippen LogP contribution in [0.2, 0.25) is 0 Å². The molecular formula is C16H16BrNO. The summed E-state index contributed by atoms with van der Waals surface area (Å²) in [4.78, 5) is 13.6. The van der Waals surface area contributed by atoms with Crippen LogP contribution in [-0.2, 0) is 4.79 Å². The molecular weight excluding hydrogens is 302 g/mol. The van der Waals surface area contributed by atoms with Gasteiger partial charge in [0, 0.05) is 23.5 Å². The van der Waals surface area contributed by atoms with Gasteiger partial charge in [-0.15, -0.1) is 0 Å². The summed E-state index contributed by atoms with van der Waals surface area (Å²) >= 11 is 3.57. The van der Waals surface area contributed by atoms with Gasteiger partial charge in [0.25, 0.3) is 0 Å². The number of carbonyl (C=O) groups excluding carboxylic acids is 1. The molecule has 2 nitrogen and oxygen atoms in total. The molecule has 2 aromatic carbocycles. The summed E-state index contributed by atoms with van der Waals surface area (Å²) in [7, 11) is 1.82. The highest BCUT2D eigenvalue weighted by Gasteiger charge is 2.14. The molecule has 0 atom stereocenters. The number of benzene rings is 2. The lowest BCUT2D eigenvalue weighted by molar-refractivity contribution is -0.118. The number of nitrogens with zero attached hydrogens (tertiary/aromatic N) is 1. The molecule has 1 amide bonds. The fourth-order valence-corrected chi connectivity index (χ4v) is 2.54. The summed E-state index contributed by atoms with van der Waals surface area (Å²) in [6.07, 6.45) is 0.501.